The van der Waals surface area contributed by atoms with Crippen LogP contribution in [-0.2, 0) is 0 Å². The molecule has 0 saturated carbocycles. The van der Waals surface area contributed by atoms with Crippen LogP contribution in [0.15, 0.2) is 255 Å². The van der Waals surface area contributed by atoms with E-state index >= 15 is 0 Å². The molecule has 0 atom stereocenters. The maximum atomic E-state index is 2.46. The number of fused-ring (bicyclic) bond motifs is 5. The van der Waals surface area contributed by atoms with Crippen molar-refractivity contribution in [1.82, 2.24) is 4.57 Å². The minimum atomic E-state index is 1.09. The van der Waals surface area contributed by atoms with E-state index < -0.39 is 0 Å². The van der Waals surface area contributed by atoms with E-state index in [0.717, 1.165) is 45.0 Å². The number of aromatic nitrogens is 1. The summed E-state index contributed by atoms with van der Waals surface area (Å²) in [6.45, 7) is 0. The van der Waals surface area contributed by atoms with E-state index in [2.05, 4.69) is 264 Å². The Hall–Kier alpha value is -8.46. The van der Waals surface area contributed by atoms with Gasteiger partial charge in [0.25, 0.3) is 0 Å². The van der Waals surface area contributed by atoms with Crippen molar-refractivity contribution in [3.05, 3.63) is 255 Å². The van der Waals surface area contributed by atoms with Crippen LogP contribution in [0, 0.1) is 0 Å². The van der Waals surface area contributed by atoms with Crippen LogP contribution in [0.1, 0.15) is 0 Å². The molecule has 1 heterocycles. The van der Waals surface area contributed by atoms with Crippen LogP contribution in [0.3, 0.4) is 0 Å². The number of nitrogens with zero attached hydrogens (tertiary/aromatic N) is 2. The highest BCUT2D eigenvalue weighted by Gasteiger charge is 2.22. The molecule has 2 heteroatoms. The number of hydrogen-bond acceptors (Lipinski definition) is 1. The highest BCUT2D eigenvalue weighted by molar-refractivity contribution is 6.10. The summed E-state index contributed by atoms with van der Waals surface area (Å²) in [5, 5.41) is 7.41. The molecule has 64 heavy (non-hydrogen) atoms. The van der Waals surface area contributed by atoms with Gasteiger partial charge in [0.1, 0.15) is 0 Å². The molecule has 1 aromatic heterocycles. The molecule has 0 unspecified atom stereocenters. The molecule has 0 saturated heterocycles. The maximum Gasteiger partial charge on any atom is 0.0541 e. The van der Waals surface area contributed by atoms with Crippen LogP contribution in [0.2, 0.25) is 0 Å². The molecule has 0 fully saturated rings. The average molecular weight is 815 g/mol. The average Bonchev–Trinajstić information content (AvgIpc) is 3.71. The molecular formula is C62H42N2. The lowest BCUT2D eigenvalue weighted by molar-refractivity contribution is 1.18. The first kappa shape index (κ1) is 37.3. The summed E-state index contributed by atoms with van der Waals surface area (Å²) in [6, 6.07) is 92.8. The minimum absolute atomic E-state index is 1.09. The van der Waals surface area contributed by atoms with E-state index in [0.29, 0.717) is 0 Å². The Balaban J connectivity index is 1.03. The van der Waals surface area contributed by atoms with Crippen molar-refractivity contribution in [2.75, 3.05) is 4.90 Å². The van der Waals surface area contributed by atoms with Gasteiger partial charge in [0.05, 0.1) is 28.1 Å². The van der Waals surface area contributed by atoms with E-state index in [9.17, 15) is 0 Å². The summed E-state index contributed by atoms with van der Waals surface area (Å²) in [5.74, 6) is 0. The minimum Gasteiger partial charge on any atom is -0.309 e. The molecular weight excluding hydrogens is 773 g/mol. The SMILES string of the molecule is c1ccc(-c2cc(-c3ccccc3-n3c4ccccc4c4ccccc43)ccc2N(c2cccc(-c3ccc(-c4cccc5ccccc45)cc3)c2)c2cccc3ccccc23)cc1. The molecule has 0 bridgehead atoms. The molecule has 0 aliphatic carbocycles. The van der Waals surface area contributed by atoms with Gasteiger partial charge in [0.15, 0.2) is 0 Å². The van der Waals surface area contributed by atoms with Gasteiger partial charge in [-0.15, -0.1) is 0 Å². The van der Waals surface area contributed by atoms with Crippen molar-refractivity contribution in [2.45, 2.75) is 0 Å². The van der Waals surface area contributed by atoms with E-state index in [1.807, 2.05) is 0 Å². The first-order valence-electron chi connectivity index (χ1n) is 22.0. The smallest absolute Gasteiger partial charge is 0.0541 e. The van der Waals surface area contributed by atoms with Gasteiger partial charge in [-0.1, -0.05) is 206 Å². The van der Waals surface area contributed by atoms with E-state index in [-0.39, 0.29) is 0 Å². The molecule has 0 amide bonds. The number of para-hydroxylation sites is 3. The predicted molar refractivity (Wildman–Crippen MR) is 272 cm³/mol. The van der Waals surface area contributed by atoms with Gasteiger partial charge >= 0.3 is 0 Å². The Bertz CT molecular complexity index is 3610. The van der Waals surface area contributed by atoms with E-state index in [4.69, 9.17) is 0 Å². The molecule has 11 aromatic carbocycles. The standard InChI is InChI=1S/C62H42N2/c1-2-17-46(18-3-1)57-42-49(54-27-8-11-31-59(54)64-60-32-12-9-28-55(60)56-29-10-13-33-61(56)64)39-40-62(57)63(58-34-16-22-45-20-5-7-26-53(45)58)50-24-14-23-48(41-50)43-35-37-47(38-36-43)52-30-15-21-44-19-4-6-25-51(44)52/h1-42H. The van der Waals surface area contributed by atoms with Crippen molar-refractivity contribution in [1.29, 1.82) is 0 Å². The summed E-state index contributed by atoms with van der Waals surface area (Å²) in [4.78, 5) is 2.46. The maximum absolute atomic E-state index is 2.46. The normalized spacial score (nSPS) is 11.4. The van der Waals surface area contributed by atoms with Crippen LogP contribution in [-0.4, -0.2) is 4.57 Å². The zero-order valence-electron chi connectivity index (χ0n) is 35.1. The Kier molecular flexibility index (Phi) is 9.20. The monoisotopic (exact) mass is 814 g/mol. The van der Waals surface area contributed by atoms with Crippen LogP contribution in [0.4, 0.5) is 17.1 Å². The van der Waals surface area contributed by atoms with Crippen LogP contribution >= 0.6 is 0 Å². The second-order valence-corrected chi connectivity index (χ2v) is 16.5. The lowest BCUT2D eigenvalue weighted by atomic mass is 9.94. The van der Waals surface area contributed by atoms with Crippen molar-refractivity contribution in [2.24, 2.45) is 0 Å². The molecule has 0 aliphatic heterocycles. The molecule has 0 aliphatic rings. The summed E-state index contributed by atoms with van der Waals surface area (Å²) >= 11 is 0. The molecule has 0 N–H and O–H groups in total. The Labute approximate surface area is 373 Å². The fourth-order valence-electron chi connectivity index (χ4n) is 9.80. The largest absolute Gasteiger partial charge is 0.309 e. The van der Waals surface area contributed by atoms with Crippen molar-refractivity contribution in [3.8, 4) is 50.2 Å². The third-order valence-electron chi connectivity index (χ3n) is 12.8. The zero-order valence-corrected chi connectivity index (χ0v) is 35.1. The quantitative estimate of drug-likeness (QED) is 0.148. The Morgan fingerprint density at radius 1 is 0.266 bits per heavy atom. The molecule has 12 rings (SSSR count). The van der Waals surface area contributed by atoms with E-state index in [1.54, 1.807) is 0 Å². The van der Waals surface area contributed by atoms with Gasteiger partial charge < -0.3 is 9.47 Å². The summed E-state index contributed by atoms with van der Waals surface area (Å²) in [7, 11) is 0. The third-order valence-corrected chi connectivity index (χ3v) is 12.8. The number of anilines is 3. The second-order valence-electron chi connectivity index (χ2n) is 16.5. The highest BCUT2D eigenvalue weighted by atomic mass is 15.1. The van der Waals surface area contributed by atoms with Crippen molar-refractivity contribution in [3.63, 3.8) is 0 Å². The molecule has 12 aromatic rings. The van der Waals surface area contributed by atoms with Gasteiger partial charge in [-0.05, 0) is 98.1 Å². The lowest BCUT2D eigenvalue weighted by Gasteiger charge is -2.30. The first-order chi connectivity index (χ1) is 31.8. The van der Waals surface area contributed by atoms with Crippen LogP contribution < -0.4 is 4.90 Å². The summed E-state index contributed by atoms with van der Waals surface area (Å²) < 4.78 is 2.43. The van der Waals surface area contributed by atoms with Crippen molar-refractivity contribution >= 4 is 60.4 Å². The topological polar surface area (TPSA) is 8.17 Å². The van der Waals surface area contributed by atoms with Gasteiger partial charge in [-0.3, -0.25) is 0 Å². The lowest BCUT2D eigenvalue weighted by Crippen LogP contribution is -2.12. The van der Waals surface area contributed by atoms with Gasteiger partial charge in [-0.25, -0.2) is 0 Å². The summed E-state index contributed by atoms with van der Waals surface area (Å²) in [5.41, 5.74) is 16.3. The Morgan fingerprint density at radius 3 is 1.55 bits per heavy atom. The first-order valence-corrected chi connectivity index (χ1v) is 22.0. The molecule has 0 radical (unpaired) electrons. The van der Waals surface area contributed by atoms with E-state index in [1.165, 1.54) is 65.6 Å². The number of benzene rings is 11. The zero-order chi connectivity index (χ0) is 42.4. The molecule has 300 valence electrons. The number of hydrogen-bond donors (Lipinski definition) is 0. The predicted octanol–water partition coefficient (Wildman–Crippen LogP) is 17.2. The van der Waals surface area contributed by atoms with Gasteiger partial charge in [-0.2, -0.15) is 0 Å². The molecule has 0 spiro atoms. The van der Waals surface area contributed by atoms with Crippen LogP contribution in [0.25, 0.3) is 93.5 Å². The van der Waals surface area contributed by atoms with Gasteiger partial charge in [0, 0.05) is 33.0 Å². The fraction of sp³-hybridized carbons (Fsp3) is 0. The van der Waals surface area contributed by atoms with Gasteiger partial charge in [0.2, 0.25) is 0 Å². The highest BCUT2D eigenvalue weighted by Crippen LogP contribution is 2.46. The fourth-order valence-corrected chi connectivity index (χ4v) is 9.80. The second kappa shape index (κ2) is 15.8. The summed E-state index contributed by atoms with van der Waals surface area (Å²) in [6.07, 6.45) is 0. The Morgan fingerprint density at radius 2 is 0.781 bits per heavy atom. The van der Waals surface area contributed by atoms with Crippen molar-refractivity contribution < 1.29 is 0 Å². The van der Waals surface area contributed by atoms with Crippen LogP contribution in [0.5, 0.6) is 0 Å². The number of rotatable bonds is 8. The third kappa shape index (κ3) is 6.44. The molecule has 2 nitrogen and oxygen atoms in total.